The van der Waals surface area contributed by atoms with Crippen LogP contribution < -0.4 is 0 Å². The minimum Gasteiger partial charge on any atom is -0.476 e. The van der Waals surface area contributed by atoms with Gasteiger partial charge in [0.2, 0.25) is 6.43 Å². The highest BCUT2D eigenvalue weighted by Crippen LogP contribution is 2.13. The van der Waals surface area contributed by atoms with Crippen LogP contribution in [0.15, 0.2) is 0 Å². The maximum Gasteiger partial charge on any atom is 0.356 e. The van der Waals surface area contributed by atoms with Gasteiger partial charge in [0.05, 0.1) is 6.42 Å². The summed E-state index contributed by atoms with van der Waals surface area (Å²) in [4.78, 5) is 10.5. The first kappa shape index (κ1) is 9.63. The number of alkyl halides is 2. The van der Waals surface area contributed by atoms with Crippen molar-refractivity contribution >= 4 is 5.97 Å². The largest absolute Gasteiger partial charge is 0.476 e. The Morgan fingerprint density at radius 1 is 1.69 bits per heavy atom. The molecule has 0 aromatic carbocycles. The molecular weight excluding hydrogens is 182 g/mol. The molecule has 0 amide bonds. The molecule has 0 aliphatic heterocycles. The zero-order chi connectivity index (χ0) is 10.0. The fraction of sp³-hybridized carbons (Fsp3) is 0.429. The lowest BCUT2D eigenvalue weighted by molar-refractivity contribution is 0.0689. The number of hydrogen-bond donors (Lipinski definition) is 2. The van der Waals surface area contributed by atoms with Gasteiger partial charge in [-0.05, 0) is 6.92 Å². The van der Waals surface area contributed by atoms with Crippen LogP contribution in [0.3, 0.4) is 0 Å². The molecule has 0 saturated heterocycles. The summed E-state index contributed by atoms with van der Waals surface area (Å²) in [7, 11) is 0. The molecule has 0 saturated carbocycles. The van der Waals surface area contributed by atoms with Crippen molar-refractivity contribution in [1.82, 2.24) is 10.2 Å². The summed E-state index contributed by atoms with van der Waals surface area (Å²) in [5.74, 6) is -1.21. The molecule has 0 unspecified atom stereocenters. The molecular formula is C7H8F2N2O2. The fourth-order valence-electron chi connectivity index (χ4n) is 0.995. The number of hydrogen-bond acceptors (Lipinski definition) is 2. The summed E-state index contributed by atoms with van der Waals surface area (Å²) in [6, 6.07) is 0. The molecule has 1 rings (SSSR count). The third kappa shape index (κ3) is 2.01. The SMILES string of the molecule is Cc1c(C(=O)O)n[nH]c1CC(F)F. The van der Waals surface area contributed by atoms with Gasteiger partial charge in [-0.3, -0.25) is 5.10 Å². The third-order valence-electron chi connectivity index (χ3n) is 1.67. The van der Waals surface area contributed by atoms with Crippen LogP contribution in [-0.2, 0) is 6.42 Å². The number of nitrogens with zero attached hydrogens (tertiary/aromatic N) is 1. The van der Waals surface area contributed by atoms with E-state index in [2.05, 4.69) is 10.2 Å². The molecule has 0 atom stereocenters. The molecule has 1 aromatic heterocycles. The Morgan fingerprint density at radius 3 is 2.69 bits per heavy atom. The van der Waals surface area contributed by atoms with E-state index in [0.29, 0.717) is 0 Å². The standard InChI is InChI=1S/C7H8F2N2O2/c1-3-4(2-5(8)9)10-11-6(3)7(12)13/h5H,2H2,1H3,(H,10,11)(H,12,13). The Morgan fingerprint density at radius 2 is 2.31 bits per heavy atom. The zero-order valence-electron chi connectivity index (χ0n) is 6.84. The quantitative estimate of drug-likeness (QED) is 0.753. The Kier molecular flexibility index (Phi) is 2.60. The number of aromatic nitrogens is 2. The summed E-state index contributed by atoms with van der Waals surface area (Å²) < 4.78 is 23.8. The zero-order valence-corrected chi connectivity index (χ0v) is 6.84. The highest BCUT2D eigenvalue weighted by atomic mass is 19.3. The van der Waals surface area contributed by atoms with Crippen LogP contribution in [0, 0.1) is 6.92 Å². The molecule has 0 spiro atoms. The van der Waals surface area contributed by atoms with Crippen molar-refractivity contribution in [1.29, 1.82) is 0 Å². The Hall–Kier alpha value is -1.46. The molecule has 2 N–H and O–H groups in total. The molecule has 0 bridgehead atoms. The minimum absolute atomic E-state index is 0.174. The monoisotopic (exact) mass is 190 g/mol. The van der Waals surface area contributed by atoms with Gasteiger partial charge in [-0.1, -0.05) is 0 Å². The second kappa shape index (κ2) is 3.51. The predicted molar refractivity (Wildman–Crippen MR) is 40.0 cm³/mol. The van der Waals surface area contributed by atoms with Crippen molar-refractivity contribution in [3.8, 4) is 0 Å². The topological polar surface area (TPSA) is 66.0 Å². The van der Waals surface area contributed by atoms with Crippen LogP contribution in [0.1, 0.15) is 21.7 Å². The minimum atomic E-state index is -2.50. The van der Waals surface area contributed by atoms with Gasteiger partial charge in [0.25, 0.3) is 0 Å². The van der Waals surface area contributed by atoms with Crippen LogP contribution in [0.2, 0.25) is 0 Å². The number of carboxylic acid groups (broad SMARTS) is 1. The summed E-state index contributed by atoms with van der Waals surface area (Å²) in [6.07, 6.45) is -2.99. The number of carboxylic acids is 1. The normalized spacial score (nSPS) is 10.8. The molecule has 0 fully saturated rings. The van der Waals surface area contributed by atoms with E-state index >= 15 is 0 Å². The Balaban J connectivity index is 2.93. The fourth-order valence-corrected chi connectivity index (χ4v) is 0.995. The van der Waals surface area contributed by atoms with Crippen LogP contribution in [-0.4, -0.2) is 27.7 Å². The molecule has 4 nitrogen and oxygen atoms in total. The van der Waals surface area contributed by atoms with E-state index in [-0.39, 0.29) is 17.0 Å². The lowest BCUT2D eigenvalue weighted by atomic mass is 10.1. The van der Waals surface area contributed by atoms with E-state index in [0.717, 1.165) is 0 Å². The van der Waals surface area contributed by atoms with Gasteiger partial charge in [0.15, 0.2) is 5.69 Å². The van der Waals surface area contributed by atoms with Gasteiger partial charge < -0.3 is 5.11 Å². The second-order valence-corrected chi connectivity index (χ2v) is 2.58. The number of nitrogens with one attached hydrogen (secondary N) is 1. The third-order valence-corrected chi connectivity index (χ3v) is 1.67. The predicted octanol–water partition coefficient (Wildman–Crippen LogP) is 1.22. The molecule has 13 heavy (non-hydrogen) atoms. The first-order valence-corrected chi connectivity index (χ1v) is 3.57. The van der Waals surface area contributed by atoms with Crippen molar-refractivity contribution in [3.63, 3.8) is 0 Å². The van der Waals surface area contributed by atoms with Gasteiger partial charge >= 0.3 is 5.97 Å². The maximum atomic E-state index is 11.9. The lowest BCUT2D eigenvalue weighted by Crippen LogP contribution is -2.01. The number of aromatic carboxylic acids is 1. The number of H-pyrrole nitrogens is 1. The van der Waals surface area contributed by atoms with Crippen LogP contribution in [0.5, 0.6) is 0 Å². The second-order valence-electron chi connectivity index (χ2n) is 2.58. The van der Waals surface area contributed by atoms with Crippen molar-refractivity contribution in [2.24, 2.45) is 0 Å². The summed E-state index contributed by atoms with van der Waals surface area (Å²) in [5.41, 5.74) is 0.246. The summed E-state index contributed by atoms with van der Waals surface area (Å²) in [6.45, 7) is 1.45. The highest BCUT2D eigenvalue weighted by molar-refractivity contribution is 5.87. The van der Waals surface area contributed by atoms with Crippen molar-refractivity contribution < 1.29 is 18.7 Å². The Bertz CT molecular complexity index is 322. The van der Waals surface area contributed by atoms with Gasteiger partial charge in [0, 0.05) is 11.3 Å². The molecule has 0 radical (unpaired) electrons. The van der Waals surface area contributed by atoms with Crippen LogP contribution in [0.25, 0.3) is 0 Å². The van der Waals surface area contributed by atoms with E-state index in [4.69, 9.17) is 5.11 Å². The van der Waals surface area contributed by atoms with E-state index < -0.39 is 18.8 Å². The molecule has 6 heteroatoms. The molecule has 1 heterocycles. The Labute approximate surface area is 72.6 Å². The van der Waals surface area contributed by atoms with Gasteiger partial charge in [-0.2, -0.15) is 5.10 Å². The van der Waals surface area contributed by atoms with Crippen molar-refractivity contribution in [2.75, 3.05) is 0 Å². The van der Waals surface area contributed by atoms with Gasteiger partial charge in [0.1, 0.15) is 0 Å². The highest BCUT2D eigenvalue weighted by Gasteiger charge is 2.17. The average Bonchev–Trinajstić information content (AvgIpc) is 2.32. The van der Waals surface area contributed by atoms with E-state index in [1.165, 1.54) is 6.92 Å². The molecule has 0 aliphatic carbocycles. The van der Waals surface area contributed by atoms with E-state index in [1.54, 1.807) is 0 Å². The average molecular weight is 190 g/mol. The first-order valence-electron chi connectivity index (χ1n) is 3.57. The molecule has 72 valence electrons. The van der Waals surface area contributed by atoms with Crippen LogP contribution in [0.4, 0.5) is 8.78 Å². The number of aromatic amines is 1. The van der Waals surface area contributed by atoms with Gasteiger partial charge in [-0.15, -0.1) is 0 Å². The van der Waals surface area contributed by atoms with Crippen LogP contribution >= 0.6 is 0 Å². The van der Waals surface area contributed by atoms with E-state index in [1.807, 2.05) is 0 Å². The molecule has 0 aliphatic rings. The van der Waals surface area contributed by atoms with Crippen molar-refractivity contribution in [2.45, 2.75) is 19.8 Å². The van der Waals surface area contributed by atoms with Crippen molar-refractivity contribution in [3.05, 3.63) is 17.0 Å². The lowest BCUT2D eigenvalue weighted by Gasteiger charge is -1.96. The summed E-state index contributed by atoms with van der Waals surface area (Å²) >= 11 is 0. The maximum absolute atomic E-state index is 11.9. The number of halogens is 2. The molecule has 1 aromatic rings. The smallest absolute Gasteiger partial charge is 0.356 e. The van der Waals surface area contributed by atoms with Gasteiger partial charge in [-0.25, -0.2) is 13.6 Å². The summed E-state index contributed by atoms with van der Waals surface area (Å²) in [5, 5.41) is 14.2. The number of carbonyl (C=O) groups is 1. The first-order chi connectivity index (χ1) is 6.02. The number of rotatable bonds is 3. The van der Waals surface area contributed by atoms with E-state index in [9.17, 15) is 13.6 Å².